The van der Waals surface area contributed by atoms with Gasteiger partial charge in [0.05, 0.1) is 11.8 Å². The molecular weight excluding hydrogens is 206 g/mol. The molecule has 2 aromatic rings. The molecule has 1 N–H and O–H groups in total. The predicted octanol–water partition coefficient (Wildman–Crippen LogP) is 2.96. The lowest BCUT2D eigenvalue weighted by Crippen LogP contribution is -2.20. The zero-order valence-corrected chi connectivity index (χ0v) is 9.61. The highest BCUT2D eigenvalue weighted by atomic mass is 16.5. The quantitative estimate of drug-likeness (QED) is 0.810. The topological polar surface area (TPSA) is 55.2 Å². The Morgan fingerprint density at radius 2 is 2.19 bits per heavy atom. The Morgan fingerprint density at radius 1 is 1.44 bits per heavy atom. The lowest BCUT2D eigenvalue weighted by Gasteiger charge is -2.15. The fraction of sp³-hybridized carbons (Fsp3) is 0.417. The number of hydrogen-bond donors (Lipinski definition) is 1. The van der Waals surface area contributed by atoms with E-state index in [4.69, 9.17) is 9.15 Å². The summed E-state index contributed by atoms with van der Waals surface area (Å²) in [5, 5.41) is 0. The number of furan rings is 1. The molecule has 0 saturated carbocycles. The molecule has 1 atom stereocenters. The molecule has 0 aliphatic rings. The number of fused-ring (bicyclic) bond motifs is 1. The Bertz CT molecular complexity index is 467. The van der Waals surface area contributed by atoms with Crippen molar-refractivity contribution in [3.8, 4) is 0 Å². The van der Waals surface area contributed by atoms with Gasteiger partial charge in [-0.1, -0.05) is 13.8 Å². The molecule has 2 aromatic heterocycles. The zero-order chi connectivity index (χ0) is 11.7. The summed E-state index contributed by atoms with van der Waals surface area (Å²) in [5.74, 6) is -0.0329. The van der Waals surface area contributed by atoms with Gasteiger partial charge in [-0.15, -0.1) is 0 Å². The van der Waals surface area contributed by atoms with Crippen LogP contribution in [0.4, 0.5) is 0 Å². The molecule has 2 heterocycles. The van der Waals surface area contributed by atoms with Crippen LogP contribution in [0.15, 0.2) is 22.8 Å². The summed E-state index contributed by atoms with van der Waals surface area (Å²) < 4.78 is 10.4. The highest BCUT2D eigenvalue weighted by Gasteiger charge is 2.17. The fourth-order valence-corrected chi connectivity index (χ4v) is 1.33. The second-order valence-electron chi connectivity index (χ2n) is 4.24. The minimum Gasteiger partial charge on any atom is -0.463 e. The second-order valence-corrected chi connectivity index (χ2v) is 4.24. The summed E-state index contributed by atoms with van der Waals surface area (Å²) in [6, 6.07) is 3.43. The summed E-state index contributed by atoms with van der Waals surface area (Å²) in [6.45, 7) is 5.91. The summed E-state index contributed by atoms with van der Waals surface area (Å²) >= 11 is 0. The third-order valence-electron chi connectivity index (χ3n) is 2.69. The first-order valence-corrected chi connectivity index (χ1v) is 5.35. The normalized spacial score (nSPS) is 13.2. The third kappa shape index (κ3) is 1.96. The minimum atomic E-state index is -0.340. The number of esters is 1. The maximum absolute atomic E-state index is 11.7. The molecule has 0 spiro atoms. The number of aromatic nitrogens is 1. The van der Waals surface area contributed by atoms with Crippen LogP contribution in [0, 0.1) is 5.92 Å². The van der Waals surface area contributed by atoms with E-state index in [1.165, 1.54) is 0 Å². The molecular formula is C12H15NO3. The van der Waals surface area contributed by atoms with Gasteiger partial charge in [0, 0.05) is 12.1 Å². The molecule has 86 valence electrons. The molecule has 0 amide bonds. The fourth-order valence-electron chi connectivity index (χ4n) is 1.33. The first-order chi connectivity index (χ1) is 7.58. The predicted molar refractivity (Wildman–Crippen MR) is 60.3 cm³/mol. The minimum absolute atomic E-state index is 0.0953. The van der Waals surface area contributed by atoms with Gasteiger partial charge in [0.15, 0.2) is 5.58 Å². The Morgan fingerprint density at radius 3 is 2.81 bits per heavy atom. The summed E-state index contributed by atoms with van der Waals surface area (Å²) in [6.07, 6.45) is 1.48. The summed E-state index contributed by atoms with van der Waals surface area (Å²) in [5.41, 5.74) is 1.91. The number of rotatable bonds is 3. The SMILES string of the molecule is CC(C)C(C)OC(=O)c1cc2occc2[nH]1. The maximum Gasteiger partial charge on any atom is 0.355 e. The van der Waals surface area contributed by atoms with Crippen molar-refractivity contribution in [3.63, 3.8) is 0 Å². The number of ether oxygens (including phenoxy) is 1. The zero-order valence-electron chi connectivity index (χ0n) is 9.61. The van der Waals surface area contributed by atoms with E-state index in [2.05, 4.69) is 4.98 Å². The van der Waals surface area contributed by atoms with Crippen LogP contribution in [0.2, 0.25) is 0 Å². The van der Waals surface area contributed by atoms with Crippen LogP contribution in [0.5, 0.6) is 0 Å². The second kappa shape index (κ2) is 4.04. The van der Waals surface area contributed by atoms with E-state index in [0.717, 1.165) is 5.52 Å². The average Bonchev–Trinajstić information content (AvgIpc) is 2.75. The number of aromatic amines is 1. The van der Waals surface area contributed by atoms with E-state index >= 15 is 0 Å². The van der Waals surface area contributed by atoms with E-state index in [1.807, 2.05) is 20.8 Å². The lowest BCUT2D eigenvalue weighted by molar-refractivity contribution is 0.0232. The average molecular weight is 221 g/mol. The molecule has 0 aliphatic carbocycles. The smallest absolute Gasteiger partial charge is 0.355 e. The van der Waals surface area contributed by atoms with Gasteiger partial charge >= 0.3 is 5.97 Å². The van der Waals surface area contributed by atoms with Gasteiger partial charge in [-0.2, -0.15) is 0 Å². The number of carbonyl (C=O) groups is 1. The largest absolute Gasteiger partial charge is 0.463 e. The Hall–Kier alpha value is -1.71. The molecule has 0 fully saturated rings. The Balaban J connectivity index is 2.13. The van der Waals surface area contributed by atoms with Crippen LogP contribution in [0.25, 0.3) is 11.1 Å². The monoisotopic (exact) mass is 221 g/mol. The Kier molecular flexibility index (Phi) is 2.73. The van der Waals surface area contributed by atoms with Gasteiger partial charge in [0.1, 0.15) is 11.8 Å². The van der Waals surface area contributed by atoms with E-state index in [0.29, 0.717) is 17.2 Å². The van der Waals surface area contributed by atoms with Gasteiger partial charge in [-0.3, -0.25) is 0 Å². The molecule has 0 aliphatic heterocycles. The molecule has 4 nitrogen and oxygen atoms in total. The first-order valence-electron chi connectivity index (χ1n) is 5.35. The Labute approximate surface area is 93.6 Å². The van der Waals surface area contributed by atoms with Crippen LogP contribution >= 0.6 is 0 Å². The maximum atomic E-state index is 11.7. The molecule has 2 rings (SSSR count). The van der Waals surface area contributed by atoms with Crippen molar-refractivity contribution in [2.45, 2.75) is 26.9 Å². The van der Waals surface area contributed by atoms with Crippen LogP contribution in [0.3, 0.4) is 0 Å². The van der Waals surface area contributed by atoms with E-state index in [-0.39, 0.29) is 12.1 Å². The van der Waals surface area contributed by atoms with E-state index in [9.17, 15) is 4.79 Å². The molecule has 0 saturated heterocycles. The van der Waals surface area contributed by atoms with Crippen molar-refractivity contribution < 1.29 is 13.9 Å². The van der Waals surface area contributed by atoms with E-state index < -0.39 is 0 Å². The highest BCUT2D eigenvalue weighted by molar-refractivity contribution is 5.93. The number of H-pyrrole nitrogens is 1. The number of nitrogens with one attached hydrogen (secondary N) is 1. The third-order valence-corrected chi connectivity index (χ3v) is 2.69. The molecule has 16 heavy (non-hydrogen) atoms. The van der Waals surface area contributed by atoms with Crippen molar-refractivity contribution in [1.82, 2.24) is 4.98 Å². The van der Waals surface area contributed by atoms with Crippen LogP contribution in [-0.2, 0) is 4.74 Å². The van der Waals surface area contributed by atoms with Gasteiger partial charge < -0.3 is 14.1 Å². The molecule has 0 radical (unpaired) electrons. The van der Waals surface area contributed by atoms with Crippen molar-refractivity contribution in [1.29, 1.82) is 0 Å². The van der Waals surface area contributed by atoms with Crippen LogP contribution in [0.1, 0.15) is 31.3 Å². The summed E-state index contributed by atoms with van der Waals surface area (Å²) in [4.78, 5) is 14.7. The van der Waals surface area contributed by atoms with E-state index in [1.54, 1.807) is 18.4 Å². The summed E-state index contributed by atoms with van der Waals surface area (Å²) in [7, 11) is 0. The van der Waals surface area contributed by atoms with Gasteiger partial charge in [0.25, 0.3) is 0 Å². The standard InChI is InChI=1S/C12H15NO3/c1-7(2)8(3)16-12(14)10-6-11-9(13-10)4-5-15-11/h4-8,13H,1-3H3. The van der Waals surface area contributed by atoms with Crippen molar-refractivity contribution >= 4 is 17.1 Å². The first kappa shape index (κ1) is 10.8. The highest BCUT2D eigenvalue weighted by Crippen LogP contribution is 2.17. The van der Waals surface area contributed by atoms with Crippen LogP contribution in [-0.4, -0.2) is 17.1 Å². The molecule has 1 unspecified atom stereocenters. The van der Waals surface area contributed by atoms with Gasteiger partial charge in [-0.05, 0) is 12.8 Å². The van der Waals surface area contributed by atoms with Crippen molar-refractivity contribution in [2.75, 3.05) is 0 Å². The number of carbonyl (C=O) groups excluding carboxylic acids is 1. The van der Waals surface area contributed by atoms with Gasteiger partial charge in [0.2, 0.25) is 0 Å². The number of hydrogen-bond acceptors (Lipinski definition) is 3. The van der Waals surface area contributed by atoms with Crippen molar-refractivity contribution in [2.24, 2.45) is 5.92 Å². The van der Waals surface area contributed by atoms with Gasteiger partial charge in [-0.25, -0.2) is 4.79 Å². The lowest BCUT2D eigenvalue weighted by atomic mass is 10.1. The molecule has 0 bridgehead atoms. The molecule has 4 heteroatoms. The van der Waals surface area contributed by atoms with Crippen LogP contribution < -0.4 is 0 Å². The molecule has 0 aromatic carbocycles. The van der Waals surface area contributed by atoms with Crippen molar-refractivity contribution in [3.05, 3.63) is 24.1 Å².